The van der Waals surface area contributed by atoms with Gasteiger partial charge in [-0.2, -0.15) is 0 Å². The number of halogens is 1. The number of anilines is 1. The van der Waals surface area contributed by atoms with Crippen LogP contribution in [0.5, 0.6) is 0 Å². The van der Waals surface area contributed by atoms with Crippen molar-refractivity contribution in [3.05, 3.63) is 51.2 Å². The van der Waals surface area contributed by atoms with E-state index in [1.807, 2.05) is 19.2 Å². The summed E-state index contributed by atoms with van der Waals surface area (Å²) in [7, 11) is 0. The Kier molecular flexibility index (Phi) is 6.78. The van der Waals surface area contributed by atoms with E-state index in [0.29, 0.717) is 27.7 Å². The molecule has 0 saturated carbocycles. The zero-order valence-electron chi connectivity index (χ0n) is 13.6. The second-order valence-electron chi connectivity index (χ2n) is 5.29. The average molecular weight is 366 g/mol. The molecule has 1 aromatic carbocycles. The second kappa shape index (κ2) is 8.82. The predicted octanol–water partition coefficient (Wildman–Crippen LogP) is 3.38. The number of nitrogens with one attached hydrogen (secondary N) is 3. The number of benzene rings is 1. The van der Waals surface area contributed by atoms with Crippen LogP contribution < -0.4 is 16.0 Å². The third-order valence-electron chi connectivity index (χ3n) is 3.34. The molecule has 24 heavy (non-hydrogen) atoms. The molecule has 1 atom stereocenters. The quantitative estimate of drug-likeness (QED) is 0.704. The van der Waals surface area contributed by atoms with Crippen LogP contribution in [0, 0.1) is 0 Å². The van der Waals surface area contributed by atoms with Crippen LogP contribution in [0.4, 0.5) is 5.69 Å². The molecule has 7 heteroatoms. The van der Waals surface area contributed by atoms with Gasteiger partial charge >= 0.3 is 0 Å². The van der Waals surface area contributed by atoms with Crippen molar-refractivity contribution >= 4 is 40.4 Å². The number of hydrogen-bond donors (Lipinski definition) is 3. The highest BCUT2D eigenvalue weighted by Gasteiger charge is 2.13. The summed E-state index contributed by atoms with van der Waals surface area (Å²) in [4.78, 5) is 24.9. The molecular formula is C17H20ClN3O2S. The minimum Gasteiger partial charge on any atom is -0.350 e. The van der Waals surface area contributed by atoms with E-state index in [4.69, 9.17) is 11.6 Å². The Labute approximate surface area is 150 Å². The summed E-state index contributed by atoms with van der Waals surface area (Å²) in [6.45, 7) is 5.38. The molecule has 0 bridgehead atoms. The summed E-state index contributed by atoms with van der Waals surface area (Å²) >= 11 is 7.46. The lowest BCUT2D eigenvalue weighted by Crippen LogP contribution is -2.38. The molecule has 1 aromatic heterocycles. The Balaban J connectivity index is 2.05. The van der Waals surface area contributed by atoms with E-state index >= 15 is 0 Å². The monoisotopic (exact) mass is 365 g/mol. The van der Waals surface area contributed by atoms with Crippen LogP contribution in [0.25, 0.3) is 0 Å². The maximum Gasteiger partial charge on any atom is 0.265 e. The molecule has 2 amide bonds. The molecule has 0 spiro atoms. The van der Waals surface area contributed by atoms with Crippen LogP contribution in [0.15, 0.2) is 35.7 Å². The minimum atomic E-state index is -0.245. The zero-order chi connectivity index (χ0) is 17.5. The molecule has 3 N–H and O–H groups in total. The average Bonchev–Trinajstić information content (AvgIpc) is 3.09. The van der Waals surface area contributed by atoms with Gasteiger partial charge in [0.15, 0.2) is 0 Å². The fourth-order valence-electron chi connectivity index (χ4n) is 2.12. The maximum atomic E-state index is 12.2. The van der Waals surface area contributed by atoms with E-state index in [-0.39, 0.29) is 17.9 Å². The van der Waals surface area contributed by atoms with Gasteiger partial charge in [0.2, 0.25) is 0 Å². The largest absolute Gasteiger partial charge is 0.350 e. The summed E-state index contributed by atoms with van der Waals surface area (Å²) in [6.07, 6.45) is 0. The SMILES string of the molecule is CCN[C@H](C)CNC(=O)c1ccc(Cl)c(NC(=O)c2cccs2)c1. The Morgan fingerprint density at radius 3 is 2.71 bits per heavy atom. The second-order valence-corrected chi connectivity index (χ2v) is 6.65. The van der Waals surface area contributed by atoms with Gasteiger partial charge in [0.05, 0.1) is 15.6 Å². The predicted molar refractivity (Wildman–Crippen MR) is 99.2 cm³/mol. The number of hydrogen-bond acceptors (Lipinski definition) is 4. The summed E-state index contributed by atoms with van der Waals surface area (Å²) in [6, 6.07) is 8.54. The molecular weight excluding hydrogens is 346 g/mol. The first-order valence-electron chi connectivity index (χ1n) is 7.67. The van der Waals surface area contributed by atoms with Crippen molar-refractivity contribution in [1.29, 1.82) is 0 Å². The normalized spacial score (nSPS) is 11.8. The van der Waals surface area contributed by atoms with E-state index in [0.717, 1.165) is 6.54 Å². The Morgan fingerprint density at radius 2 is 2.04 bits per heavy atom. The van der Waals surface area contributed by atoms with E-state index in [1.165, 1.54) is 11.3 Å². The van der Waals surface area contributed by atoms with Crippen molar-refractivity contribution in [2.24, 2.45) is 0 Å². The van der Waals surface area contributed by atoms with E-state index in [1.54, 1.807) is 30.3 Å². The number of amides is 2. The molecule has 0 fully saturated rings. The lowest BCUT2D eigenvalue weighted by Gasteiger charge is -2.14. The number of rotatable bonds is 7. The first kappa shape index (κ1) is 18.4. The van der Waals surface area contributed by atoms with Crippen LogP contribution in [0.3, 0.4) is 0 Å². The van der Waals surface area contributed by atoms with E-state index < -0.39 is 0 Å². The van der Waals surface area contributed by atoms with Crippen molar-refractivity contribution in [3.8, 4) is 0 Å². The summed E-state index contributed by atoms with van der Waals surface area (Å²) in [5.41, 5.74) is 0.868. The highest BCUT2D eigenvalue weighted by atomic mass is 35.5. The van der Waals surface area contributed by atoms with Crippen LogP contribution in [-0.4, -0.2) is 30.9 Å². The molecule has 128 valence electrons. The topological polar surface area (TPSA) is 70.2 Å². The molecule has 5 nitrogen and oxygen atoms in total. The lowest BCUT2D eigenvalue weighted by molar-refractivity contribution is 0.0949. The van der Waals surface area contributed by atoms with Crippen LogP contribution in [0.1, 0.15) is 33.9 Å². The van der Waals surface area contributed by atoms with Gasteiger partial charge in [-0.15, -0.1) is 11.3 Å². The number of thiophene rings is 1. The van der Waals surface area contributed by atoms with Gasteiger partial charge in [0.25, 0.3) is 11.8 Å². The highest BCUT2D eigenvalue weighted by molar-refractivity contribution is 7.12. The first-order chi connectivity index (χ1) is 11.5. The number of likely N-dealkylation sites (N-methyl/N-ethyl adjacent to an activating group) is 1. The molecule has 0 aliphatic heterocycles. The summed E-state index contributed by atoms with van der Waals surface area (Å²) in [5.74, 6) is -0.451. The number of carbonyl (C=O) groups excluding carboxylic acids is 2. The molecule has 0 saturated heterocycles. The summed E-state index contributed by atoms with van der Waals surface area (Å²) in [5, 5.41) is 11.0. The fraction of sp³-hybridized carbons (Fsp3) is 0.294. The van der Waals surface area contributed by atoms with Crippen LogP contribution in [-0.2, 0) is 0 Å². The molecule has 1 heterocycles. The molecule has 0 radical (unpaired) electrons. The third-order valence-corrected chi connectivity index (χ3v) is 4.54. The van der Waals surface area contributed by atoms with Gasteiger partial charge in [-0.25, -0.2) is 0 Å². The molecule has 0 unspecified atom stereocenters. The van der Waals surface area contributed by atoms with Crippen molar-refractivity contribution in [2.75, 3.05) is 18.4 Å². The van der Waals surface area contributed by atoms with E-state index in [2.05, 4.69) is 16.0 Å². The van der Waals surface area contributed by atoms with Gasteiger partial charge in [-0.1, -0.05) is 24.6 Å². The van der Waals surface area contributed by atoms with Gasteiger partial charge in [-0.05, 0) is 43.1 Å². The fourth-order valence-corrected chi connectivity index (χ4v) is 2.91. The maximum absolute atomic E-state index is 12.2. The van der Waals surface area contributed by atoms with Gasteiger partial charge < -0.3 is 16.0 Å². The molecule has 2 aromatic rings. The first-order valence-corrected chi connectivity index (χ1v) is 8.93. The van der Waals surface area contributed by atoms with Crippen molar-refractivity contribution < 1.29 is 9.59 Å². The van der Waals surface area contributed by atoms with E-state index in [9.17, 15) is 9.59 Å². The Bertz CT molecular complexity index is 704. The van der Waals surface area contributed by atoms with Gasteiger partial charge in [-0.3, -0.25) is 9.59 Å². The Morgan fingerprint density at radius 1 is 1.25 bits per heavy atom. The zero-order valence-corrected chi connectivity index (χ0v) is 15.1. The van der Waals surface area contributed by atoms with Crippen molar-refractivity contribution in [2.45, 2.75) is 19.9 Å². The Hall–Kier alpha value is -1.89. The minimum absolute atomic E-state index is 0.184. The van der Waals surface area contributed by atoms with Crippen LogP contribution in [0.2, 0.25) is 5.02 Å². The number of carbonyl (C=O) groups is 2. The molecule has 0 aliphatic carbocycles. The third kappa shape index (κ3) is 5.06. The van der Waals surface area contributed by atoms with Crippen LogP contribution >= 0.6 is 22.9 Å². The van der Waals surface area contributed by atoms with Gasteiger partial charge in [0.1, 0.15) is 0 Å². The van der Waals surface area contributed by atoms with Crippen molar-refractivity contribution in [3.63, 3.8) is 0 Å². The molecule has 2 rings (SSSR count). The molecule has 0 aliphatic rings. The lowest BCUT2D eigenvalue weighted by atomic mass is 10.1. The van der Waals surface area contributed by atoms with Crippen molar-refractivity contribution in [1.82, 2.24) is 10.6 Å². The standard InChI is InChI=1S/C17H20ClN3O2S/c1-3-19-11(2)10-20-16(22)12-6-7-13(18)14(9-12)21-17(23)15-5-4-8-24-15/h4-9,11,19H,3,10H2,1-2H3,(H,20,22)(H,21,23)/t11-/m1/s1. The smallest absolute Gasteiger partial charge is 0.265 e. The van der Waals surface area contributed by atoms with Gasteiger partial charge in [0, 0.05) is 18.2 Å². The summed E-state index contributed by atoms with van der Waals surface area (Å²) < 4.78 is 0. The highest BCUT2D eigenvalue weighted by Crippen LogP contribution is 2.24.